The summed E-state index contributed by atoms with van der Waals surface area (Å²) in [6.45, 7) is 0.260. The molecule has 1 aliphatic heterocycles. The largest absolute Gasteiger partial charge is 0.396 e. The number of hydrogen-bond donors (Lipinski definition) is 3. The molecule has 0 aliphatic carbocycles. The molecule has 1 aliphatic rings. The lowest BCUT2D eigenvalue weighted by molar-refractivity contribution is -0.122. The number of rotatable bonds is 8. The number of aliphatic hydroxyl groups is 1. The molecule has 0 aromatic heterocycles. The van der Waals surface area contributed by atoms with Gasteiger partial charge < -0.3 is 10.4 Å². The summed E-state index contributed by atoms with van der Waals surface area (Å²) in [5.74, 6) is -0.135. The van der Waals surface area contributed by atoms with E-state index >= 15 is 0 Å². The molecule has 1 unspecified atom stereocenters. The summed E-state index contributed by atoms with van der Waals surface area (Å²) in [7, 11) is -4.06. The molecule has 2 atom stereocenters. The van der Waals surface area contributed by atoms with Gasteiger partial charge in [-0.15, -0.1) is 11.8 Å². The minimum atomic E-state index is -4.06. The maximum atomic E-state index is 13.7. The average Bonchev–Trinajstić information content (AvgIpc) is 3.37. The van der Waals surface area contributed by atoms with E-state index in [1.807, 2.05) is 60.7 Å². The van der Waals surface area contributed by atoms with Crippen molar-refractivity contribution in [3.63, 3.8) is 0 Å². The molecule has 0 saturated carbocycles. The lowest BCUT2D eigenvalue weighted by Crippen LogP contribution is -2.57. The van der Waals surface area contributed by atoms with Gasteiger partial charge in [0.15, 0.2) is 0 Å². The monoisotopic (exact) mass is 482 g/mol. The van der Waals surface area contributed by atoms with E-state index in [0.717, 1.165) is 28.5 Å². The van der Waals surface area contributed by atoms with E-state index in [1.54, 1.807) is 24.3 Å². The molecule has 1 heterocycles. The van der Waals surface area contributed by atoms with Crippen LogP contribution in [0.2, 0.25) is 0 Å². The van der Waals surface area contributed by atoms with E-state index in [0.29, 0.717) is 12.3 Å². The number of nitrogens with one attached hydrogen (secondary N) is 2. The Balaban J connectivity index is 1.64. The quantitative estimate of drug-likeness (QED) is 0.456. The predicted octanol–water partition coefficient (Wildman–Crippen LogP) is 3.36. The van der Waals surface area contributed by atoms with Gasteiger partial charge in [-0.1, -0.05) is 72.8 Å². The van der Waals surface area contributed by atoms with Gasteiger partial charge in [-0.3, -0.25) is 10.1 Å². The van der Waals surface area contributed by atoms with Gasteiger partial charge in [0.25, 0.3) is 10.1 Å². The minimum absolute atomic E-state index is 0.0812. The number of sulfone groups is 1. The highest BCUT2D eigenvalue weighted by Gasteiger charge is 2.54. The molecule has 3 aromatic carbocycles. The van der Waals surface area contributed by atoms with Crippen molar-refractivity contribution in [2.75, 3.05) is 18.9 Å². The number of carbonyl (C=O) groups is 1. The van der Waals surface area contributed by atoms with Crippen molar-refractivity contribution in [2.45, 2.75) is 21.6 Å². The molecule has 1 saturated heterocycles. The van der Waals surface area contributed by atoms with Gasteiger partial charge in [0.2, 0.25) is 9.84 Å². The standard InChI is InChI=1S/C25H26N2O4S2/c28-17-15-23(21-9-5-2-6-10-21)27-24(29)25(26-16-18-32-25)33(30,31)22-13-11-20(12-14-22)19-7-3-1-4-8-19/h1-14,23,26,28H,15-18H2,(H,27,29)/t23-,25?/m0/s1. The molecule has 8 heteroatoms. The van der Waals surface area contributed by atoms with Crippen molar-refractivity contribution in [3.8, 4) is 11.1 Å². The molecule has 3 N–H and O–H groups in total. The zero-order chi connectivity index (χ0) is 23.3. The molecule has 4 rings (SSSR count). The van der Waals surface area contributed by atoms with Crippen molar-refractivity contribution in [1.82, 2.24) is 10.6 Å². The van der Waals surface area contributed by atoms with E-state index in [1.165, 1.54) is 0 Å². The highest BCUT2D eigenvalue weighted by Crippen LogP contribution is 2.39. The number of hydrogen-bond acceptors (Lipinski definition) is 6. The second-order valence-corrected chi connectivity index (χ2v) is 11.4. The first-order valence-electron chi connectivity index (χ1n) is 10.7. The molecule has 33 heavy (non-hydrogen) atoms. The van der Waals surface area contributed by atoms with Crippen LogP contribution in [-0.2, 0) is 14.6 Å². The van der Waals surface area contributed by atoms with E-state index in [9.17, 15) is 18.3 Å². The fraction of sp³-hybridized carbons (Fsp3) is 0.240. The van der Waals surface area contributed by atoms with Crippen molar-refractivity contribution in [1.29, 1.82) is 0 Å². The minimum Gasteiger partial charge on any atom is -0.396 e. The van der Waals surface area contributed by atoms with Crippen molar-refractivity contribution in [3.05, 3.63) is 90.5 Å². The predicted molar refractivity (Wildman–Crippen MR) is 131 cm³/mol. The Morgan fingerprint density at radius 1 is 0.970 bits per heavy atom. The first kappa shape index (κ1) is 23.5. The van der Waals surface area contributed by atoms with E-state index in [4.69, 9.17) is 0 Å². The second-order valence-electron chi connectivity index (χ2n) is 7.73. The Morgan fingerprint density at radius 2 is 1.58 bits per heavy atom. The van der Waals surface area contributed by atoms with Gasteiger partial charge in [0, 0.05) is 18.9 Å². The number of thioether (sulfide) groups is 1. The fourth-order valence-corrected chi connectivity index (χ4v) is 7.38. The molecular weight excluding hydrogens is 456 g/mol. The van der Waals surface area contributed by atoms with Crippen molar-refractivity contribution >= 4 is 27.5 Å². The molecule has 0 radical (unpaired) electrons. The van der Waals surface area contributed by atoms with Crippen LogP contribution < -0.4 is 10.6 Å². The summed E-state index contributed by atoms with van der Waals surface area (Å²) in [5.41, 5.74) is 2.69. The van der Waals surface area contributed by atoms with Crippen LogP contribution in [0.4, 0.5) is 0 Å². The summed E-state index contributed by atoms with van der Waals surface area (Å²) < 4.78 is 25.6. The fourth-order valence-electron chi connectivity index (χ4n) is 3.91. The van der Waals surface area contributed by atoms with Crippen molar-refractivity contribution < 1.29 is 18.3 Å². The van der Waals surface area contributed by atoms with Crippen LogP contribution >= 0.6 is 11.8 Å². The molecule has 3 aromatic rings. The molecule has 1 fully saturated rings. The average molecular weight is 483 g/mol. The lowest BCUT2D eigenvalue weighted by Gasteiger charge is -2.30. The summed E-state index contributed by atoms with van der Waals surface area (Å²) in [6, 6.07) is 25.0. The molecule has 6 nitrogen and oxygen atoms in total. The first-order valence-corrected chi connectivity index (χ1v) is 13.2. The molecule has 172 valence electrons. The van der Waals surface area contributed by atoms with Gasteiger partial charge in [-0.05, 0) is 35.2 Å². The van der Waals surface area contributed by atoms with Crippen LogP contribution in [-0.4, -0.2) is 42.5 Å². The Labute approximate surface area is 198 Å². The third-order valence-electron chi connectivity index (χ3n) is 5.64. The van der Waals surface area contributed by atoms with Gasteiger partial charge in [0.05, 0.1) is 10.9 Å². The highest BCUT2D eigenvalue weighted by atomic mass is 32.3. The van der Waals surface area contributed by atoms with Crippen LogP contribution in [0.1, 0.15) is 18.0 Å². The molecule has 0 bridgehead atoms. The third-order valence-corrected chi connectivity index (χ3v) is 9.77. The zero-order valence-electron chi connectivity index (χ0n) is 18.0. The van der Waals surface area contributed by atoms with E-state index in [2.05, 4.69) is 10.6 Å². The summed E-state index contributed by atoms with van der Waals surface area (Å²) in [6.07, 6.45) is 0.280. The Bertz CT molecular complexity index is 1180. The number of benzene rings is 3. The first-order chi connectivity index (χ1) is 16.0. The Kier molecular flexibility index (Phi) is 7.19. The van der Waals surface area contributed by atoms with Crippen LogP contribution in [0.15, 0.2) is 89.8 Å². The second kappa shape index (κ2) is 10.1. The number of carbonyl (C=O) groups excluding carboxylic acids is 1. The summed E-state index contributed by atoms with van der Waals surface area (Å²) in [5, 5.41) is 15.3. The SMILES string of the molecule is O=C(N[C@@H](CCO)c1ccccc1)C1(S(=O)(=O)c2ccc(-c3ccccc3)cc2)NCCS1. The van der Waals surface area contributed by atoms with E-state index in [-0.39, 0.29) is 17.9 Å². The van der Waals surface area contributed by atoms with Gasteiger partial charge >= 0.3 is 0 Å². The maximum absolute atomic E-state index is 13.7. The molecule has 1 amide bonds. The normalized spacial score (nSPS) is 19.2. The number of aliphatic hydroxyl groups excluding tert-OH is 1. The van der Waals surface area contributed by atoms with Gasteiger partial charge in [0.1, 0.15) is 0 Å². The van der Waals surface area contributed by atoms with Crippen molar-refractivity contribution in [2.24, 2.45) is 0 Å². The highest BCUT2D eigenvalue weighted by molar-refractivity contribution is 8.16. The maximum Gasteiger partial charge on any atom is 0.267 e. The van der Waals surface area contributed by atoms with Crippen LogP contribution in [0, 0.1) is 0 Å². The van der Waals surface area contributed by atoms with E-state index < -0.39 is 26.0 Å². The summed E-state index contributed by atoms with van der Waals surface area (Å²) in [4.78, 5) is 13.6. The van der Waals surface area contributed by atoms with Crippen LogP contribution in [0.5, 0.6) is 0 Å². The smallest absolute Gasteiger partial charge is 0.267 e. The van der Waals surface area contributed by atoms with Gasteiger partial charge in [-0.2, -0.15) is 0 Å². The number of amides is 1. The zero-order valence-corrected chi connectivity index (χ0v) is 19.6. The van der Waals surface area contributed by atoms with Gasteiger partial charge in [-0.25, -0.2) is 8.42 Å². The Hall–Kier alpha value is -2.65. The topological polar surface area (TPSA) is 95.5 Å². The molecular formula is C25H26N2O4S2. The Morgan fingerprint density at radius 3 is 2.15 bits per heavy atom. The lowest BCUT2D eigenvalue weighted by atomic mass is 10.0. The summed E-state index contributed by atoms with van der Waals surface area (Å²) >= 11 is 1.08. The molecule has 0 spiro atoms. The third kappa shape index (κ3) is 4.70. The van der Waals surface area contributed by atoms with Crippen LogP contribution in [0.25, 0.3) is 11.1 Å². The van der Waals surface area contributed by atoms with Crippen LogP contribution in [0.3, 0.4) is 0 Å².